The van der Waals surface area contributed by atoms with Crippen LogP contribution in [0.1, 0.15) is 74.8 Å². The van der Waals surface area contributed by atoms with Crippen LogP contribution < -0.4 is 10.6 Å². The largest absolute Gasteiger partial charge is 0.377 e. The number of hydrogen-bond donors (Lipinski definition) is 2. The van der Waals surface area contributed by atoms with Gasteiger partial charge < -0.3 is 10.6 Å². The first-order chi connectivity index (χ1) is 21.8. The molecule has 3 aromatic heterocycles. The summed E-state index contributed by atoms with van der Waals surface area (Å²) in [5.41, 5.74) is 1.42. The minimum Gasteiger partial charge on any atom is -0.377 e. The van der Waals surface area contributed by atoms with Gasteiger partial charge in [0.15, 0.2) is 0 Å². The van der Waals surface area contributed by atoms with Crippen molar-refractivity contribution in [2.24, 2.45) is 0 Å². The Hall–Kier alpha value is -4.55. The van der Waals surface area contributed by atoms with E-state index in [-0.39, 0.29) is 50.2 Å². The number of benzene rings is 2. The van der Waals surface area contributed by atoms with Crippen molar-refractivity contribution < 1.29 is 12.6 Å². The molecule has 2 aromatic carbocycles. The van der Waals surface area contributed by atoms with Gasteiger partial charge in [0.1, 0.15) is 11.8 Å². The lowest BCUT2D eigenvalue weighted by Gasteiger charge is -2.22. The molecule has 1 aliphatic carbocycles. The highest BCUT2D eigenvalue weighted by molar-refractivity contribution is 6.35. The lowest BCUT2D eigenvalue weighted by atomic mass is 10.0. The third kappa shape index (κ3) is 5.18. The van der Waals surface area contributed by atoms with Gasteiger partial charge in [-0.15, -0.1) is 5.10 Å². The van der Waals surface area contributed by atoms with Crippen molar-refractivity contribution >= 4 is 33.9 Å². The molecular formula is C30H26ClFN8. The average Bonchev–Trinajstić information content (AvgIpc) is 3.75. The zero-order valence-corrected chi connectivity index (χ0v) is 21.7. The molecule has 6 rings (SSSR count). The van der Waals surface area contributed by atoms with Gasteiger partial charge in [0.05, 0.1) is 47.5 Å². The maximum absolute atomic E-state index is 13.8. The molecule has 40 heavy (non-hydrogen) atoms. The fourth-order valence-corrected chi connectivity index (χ4v) is 4.69. The predicted octanol–water partition coefficient (Wildman–Crippen LogP) is 6.99. The average molecular weight is 559 g/mol. The summed E-state index contributed by atoms with van der Waals surface area (Å²) in [5, 5.41) is 25.0. The Morgan fingerprint density at radius 3 is 2.75 bits per heavy atom. The van der Waals surface area contributed by atoms with Crippen molar-refractivity contribution in [3.05, 3.63) is 107 Å². The quantitative estimate of drug-likeness (QED) is 0.188. The lowest BCUT2D eigenvalue weighted by Crippen LogP contribution is -2.14. The van der Waals surface area contributed by atoms with Crippen LogP contribution in [0.15, 0.2) is 73.2 Å². The first-order valence-electron chi connectivity index (χ1n) is 15.5. The van der Waals surface area contributed by atoms with Gasteiger partial charge in [-0.25, -0.2) is 9.67 Å². The standard InChI is InChI=1S/C30H26ClFN8/c1-2-25(18-6-4-3-5-7-18)37-28-20(14-33)16-35-30-23(28)12-21(13-24(30)31)36-29(19-8-11-27(32)34-15-19)26-17-40(39-38-26)22-9-10-22/h3-8,11-13,15-17,22,25,29,36H,2,9-10H2,1H3,(H,35,37)/t25-,29?/m1/s1/i1D3,2D2,29D. The van der Waals surface area contributed by atoms with Crippen molar-refractivity contribution in [2.75, 3.05) is 10.6 Å². The Labute approximate surface area is 244 Å². The van der Waals surface area contributed by atoms with Crippen LogP contribution in [0.4, 0.5) is 15.8 Å². The summed E-state index contributed by atoms with van der Waals surface area (Å²) >= 11 is 6.71. The number of rotatable bonds is 9. The van der Waals surface area contributed by atoms with Crippen LogP contribution in [0, 0.1) is 17.3 Å². The number of anilines is 2. The van der Waals surface area contributed by atoms with Crippen LogP contribution in [0.25, 0.3) is 10.9 Å². The SMILES string of the molecule is [2H]C(Nc1cc(Cl)c2ncc(C#N)c(N[C@@H](c3ccccc3)C([2H])([2H])C([2H])([2H])[2H])c2c1)(c1ccc(F)nc1)c1cn(C2CC2)nn1. The molecule has 10 heteroatoms. The zero-order chi connectivity index (χ0) is 32.9. The number of nitrogens with one attached hydrogen (secondary N) is 2. The molecule has 1 fully saturated rings. The van der Waals surface area contributed by atoms with Crippen molar-refractivity contribution in [1.82, 2.24) is 25.0 Å². The molecule has 0 spiro atoms. The monoisotopic (exact) mass is 558 g/mol. The minimum atomic E-state index is -3.04. The van der Waals surface area contributed by atoms with Crippen LogP contribution in [-0.4, -0.2) is 25.0 Å². The first kappa shape index (κ1) is 19.5. The summed E-state index contributed by atoms with van der Waals surface area (Å²) in [6.45, 7) is -3.04. The van der Waals surface area contributed by atoms with Crippen LogP contribution in [0.3, 0.4) is 0 Å². The van der Waals surface area contributed by atoms with Crippen molar-refractivity contribution in [1.29, 1.82) is 5.26 Å². The van der Waals surface area contributed by atoms with Crippen LogP contribution in [-0.2, 0) is 0 Å². The third-order valence-electron chi connectivity index (χ3n) is 6.58. The lowest BCUT2D eigenvalue weighted by molar-refractivity contribution is 0.581. The summed E-state index contributed by atoms with van der Waals surface area (Å²) in [5.74, 6) is -0.725. The van der Waals surface area contributed by atoms with Gasteiger partial charge in [0.25, 0.3) is 0 Å². The van der Waals surface area contributed by atoms with Gasteiger partial charge in [0, 0.05) is 30.3 Å². The second-order valence-corrected chi connectivity index (χ2v) is 9.74. The van der Waals surface area contributed by atoms with E-state index >= 15 is 0 Å². The number of aromatic nitrogens is 5. The van der Waals surface area contributed by atoms with E-state index in [0.29, 0.717) is 5.56 Å². The molecule has 2 atom stereocenters. The minimum absolute atomic E-state index is 0.00948. The number of fused-ring (bicyclic) bond motifs is 1. The van der Waals surface area contributed by atoms with Crippen LogP contribution >= 0.6 is 11.6 Å². The second-order valence-electron chi connectivity index (χ2n) is 9.33. The van der Waals surface area contributed by atoms with Gasteiger partial charge >= 0.3 is 0 Å². The van der Waals surface area contributed by atoms with Crippen molar-refractivity contribution in [3.63, 3.8) is 0 Å². The summed E-state index contributed by atoms with van der Waals surface area (Å²) in [6.07, 6.45) is 3.23. The Kier molecular flexibility index (Phi) is 5.32. The van der Waals surface area contributed by atoms with Gasteiger partial charge in [-0.1, -0.05) is 60.1 Å². The second kappa shape index (κ2) is 10.9. The molecule has 2 N–H and O–H groups in total. The van der Waals surface area contributed by atoms with Crippen molar-refractivity contribution in [3.8, 4) is 6.07 Å². The summed E-state index contributed by atoms with van der Waals surface area (Å²) < 4.78 is 66.2. The van der Waals surface area contributed by atoms with Gasteiger partial charge in [-0.05, 0) is 48.5 Å². The molecule has 1 unspecified atom stereocenters. The molecule has 0 bridgehead atoms. The number of pyridine rings is 2. The Bertz CT molecular complexity index is 1940. The smallest absolute Gasteiger partial charge is 0.212 e. The third-order valence-corrected chi connectivity index (χ3v) is 6.87. The summed E-state index contributed by atoms with van der Waals surface area (Å²) in [6, 6.07) is 12.8. The molecule has 0 saturated heterocycles. The number of hydrogen-bond acceptors (Lipinski definition) is 7. The molecule has 8 nitrogen and oxygen atoms in total. The van der Waals surface area contributed by atoms with E-state index in [1.54, 1.807) is 47.3 Å². The van der Waals surface area contributed by atoms with Crippen LogP contribution in [0.2, 0.25) is 5.02 Å². The van der Waals surface area contributed by atoms with E-state index in [1.165, 1.54) is 24.5 Å². The Balaban J connectivity index is 1.50. The van der Waals surface area contributed by atoms with Gasteiger partial charge in [0.2, 0.25) is 5.95 Å². The first-order valence-corrected chi connectivity index (χ1v) is 12.9. The van der Waals surface area contributed by atoms with Crippen molar-refractivity contribution in [2.45, 2.75) is 44.2 Å². The number of nitriles is 1. The highest BCUT2D eigenvalue weighted by Crippen LogP contribution is 2.38. The molecule has 0 aliphatic heterocycles. The molecular weight excluding hydrogens is 527 g/mol. The Morgan fingerprint density at radius 2 is 2.02 bits per heavy atom. The molecule has 0 amide bonds. The van der Waals surface area contributed by atoms with E-state index in [2.05, 4.69) is 30.9 Å². The molecule has 1 aliphatic rings. The normalized spacial score (nSPS) is 18.1. The predicted molar refractivity (Wildman–Crippen MR) is 153 cm³/mol. The summed E-state index contributed by atoms with van der Waals surface area (Å²) in [7, 11) is 0. The fraction of sp³-hybridized carbons (Fsp3) is 0.233. The van der Waals surface area contributed by atoms with Gasteiger partial charge in [-0.2, -0.15) is 9.65 Å². The number of nitrogens with zero attached hydrogens (tertiary/aromatic N) is 6. The highest BCUT2D eigenvalue weighted by Gasteiger charge is 2.27. The van der Waals surface area contributed by atoms with Crippen LogP contribution in [0.5, 0.6) is 0 Å². The van der Waals surface area contributed by atoms with E-state index in [4.69, 9.17) is 18.5 Å². The van der Waals surface area contributed by atoms with E-state index in [0.717, 1.165) is 18.9 Å². The molecule has 0 radical (unpaired) electrons. The topological polar surface area (TPSA) is 104 Å². The Morgan fingerprint density at radius 1 is 1.18 bits per heavy atom. The molecule has 5 aromatic rings. The van der Waals surface area contributed by atoms with Gasteiger partial charge in [-0.3, -0.25) is 4.98 Å². The molecule has 3 heterocycles. The van der Waals surface area contributed by atoms with E-state index < -0.39 is 31.2 Å². The maximum Gasteiger partial charge on any atom is 0.212 e. The number of halogens is 2. The molecule has 200 valence electrons. The fourth-order valence-electron chi connectivity index (χ4n) is 4.43. The molecule has 1 saturated carbocycles. The van der Waals surface area contributed by atoms with E-state index in [9.17, 15) is 11.0 Å². The highest BCUT2D eigenvalue weighted by atomic mass is 35.5. The summed E-state index contributed by atoms with van der Waals surface area (Å²) in [4.78, 5) is 8.08. The maximum atomic E-state index is 13.8. The zero-order valence-electron chi connectivity index (χ0n) is 26.9. The van der Waals surface area contributed by atoms with E-state index in [1.807, 2.05) is 6.07 Å².